The number of benzene rings is 1. The van der Waals surface area contributed by atoms with E-state index >= 15 is 0 Å². The average Bonchev–Trinajstić information content (AvgIpc) is 2.45. The normalized spacial score (nSPS) is 19.1. The van der Waals surface area contributed by atoms with E-state index in [2.05, 4.69) is 0 Å². The number of alkyl halides is 3. The number of anilines is 1. The number of amides is 1. The van der Waals surface area contributed by atoms with Gasteiger partial charge in [0, 0.05) is 12.2 Å². The van der Waals surface area contributed by atoms with E-state index in [1.54, 1.807) is 6.07 Å². The van der Waals surface area contributed by atoms with Crippen molar-refractivity contribution < 1.29 is 22.7 Å². The third-order valence-electron chi connectivity index (χ3n) is 3.16. The van der Waals surface area contributed by atoms with Crippen molar-refractivity contribution in [2.24, 2.45) is 5.73 Å². The summed E-state index contributed by atoms with van der Waals surface area (Å²) in [4.78, 5) is 12.5. The summed E-state index contributed by atoms with van der Waals surface area (Å²) >= 11 is 0. The Bertz CT molecular complexity index is 595. The van der Waals surface area contributed by atoms with Crippen molar-refractivity contribution in [1.29, 1.82) is 5.26 Å². The lowest BCUT2D eigenvalue weighted by atomic mass is 10.1. The predicted octanol–water partition coefficient (Wildman–Crippen LogP) is 1.27. The molecule has 5 nitrogen and oxygen atoms in total. The van der Waals surface area contributed by atoms with Crippen molar-refractivity contribution in [3.63, 3.8) is 0 Å². The Hall–Kier alpha value is -2.27. The summed E-state index contributed by atoms with van der Waals surface area (Å²) in [7, 11) is 0. The Balaban J connectivity index is 2.39. The van der Waals surface area contributed by atoms with E-state index in [1.807, 2.05) is 0 Å². The average molecular weight is 299 g/mol. The number of nitrogens with zero attached hydrogens (tertiary/aromatic N) is 2. The number of primary amides is 1. The highest BCUT2D eigenvalue weighted by atomic mass is 19.4. The molecule has 1 aliphatic heterocycles. The minimum Gasteiger partial charge on any atom is -0.367 e. The van der Waals surface area contributed by atoms with Crippen LogP contribution >= 0.6 is 0 Å². The van der Waals surface area contributed by atoms with Gasteiger partial charge in [-0.1, -0.05) is 0 Å². The Morgan fingerprint density at radius 3 is 2.76 bits per heavy atom. The van der Waals surface area contributed by atoms with E-state index in [-0.39, 0.29) is 30.9 Å². The number of carbonyl (C=O) groups is 1. The topological polar surface area (TPSA) is 79.3 Å². The first-order valence-electron chi connectivity index (χ1n) is 6.10. The molecule has 1 unspecified atom stereocenters. The molecule has 0 saturated carbocycles. The molecule has 21 heavy (non-hydrogen) atoms. The number of morpholine rings is 1. The molecule has 0 aliphatic carbocycles. The molecular formula is C13H12F3N3O2. The van der Waals surface area contributed by atoms with Crippen LogP contribution < -0.4 is 10.6 Å². The van der Waals surface area contributed by atoms with Crippen molar-refractivity contribution in [3.8, 4) is 6.07 Å². The van der Waals surface area contributed by atoms with Gasteiger partial charge in [0.1, 0.15) is 0 Å². The van der Waals surface area contributed by atoms with Crippen molar-refractivity contribution >= 4 is 11.6 Å². The lowest BCUT2D eigenvalue weighted by molar-refractivity contribution is -0.137. The molecular weight excluding hydrogens is 287 g/mol. The van der Waals surface area contributed by atoms with Gasteiger partial charge in [0.05, 0.1) is 30.3 Å². The van der Waals surface area contributed by atoms with Gasteiger partial charge >= 0.3 is 6.18 Å². The van der Waals surface area contributed by atoms with Crippen molar-refractivity contribution in [2.75, 3.05) is 24.6 Å². The second-order valence-electron chi connectivity index (χ2n) is 4.55. The molecule has 1 aliphatic rings. The number of nitrogens with two attached hydrogens (primary N) is 1. The lowest BCUT2D eigenvalue weighted by Gasteiger charge is -2.34. The molecule has 2 N–H and O–H groups in total. The van der Waals surface area contributed by atoms with E-state index in [1.165, 1.54) is 17.0 Å². The molecule has 0 aromatic heterocycles. The molecule has 0 spiro atoms. The van der Waals surface area contributed by atoms with Crippen LogP contribution in [0.2, 0.25) is 0 Å². The fourth-order valence-corrected chi connectivity index (χ4v) is 2.15. The van der Waals surface area contributed by atoms with Gasteiger partial charge in [-0.3, -0.25) is 4.79 Å². The molecule has 1 heterocycles. The Morgan fingerprint density at radius 2 is 2.19 bits per heavy atom. The van der Waals surface area contributed by atoms with Crippen molar-refractivity contribution in [2.45, 2.75) is 12.3 Å². The van der Waals surface area contributed by atoms with Crippen molar-refractivity contribution in [1.82, 2.24) is 0 Å². The molecule has 8 heteroatoms. The van der Waals surface area contributed by atoms with E-state index in [4.69, 9.17) is 15.7 Å². The van der Waals surface area contributed by atoms with Gasteiger partial charge in [0.15, 0.2) is 6.10 Å². The lowest BCUT2D eigenvalue weighted by Crippen LogP contribution is -2.48. The van der Waals surface area contributed by atoms with Crippen LogP contribution in [0.3, 0.4) is 0 Å². The fourth-order valence-electron chi connectivity index (χ4n) is 2.15. The van der Waals surface area contributed by atoms with Gasteiger partial charge in [0.25, 0.3) is 0 Å². The highest BCUT2D eigenvalue weighted by molar-refractivity contribution is 5.80. The Labute approximate surface area is 118 Å². The largest absolute Gasteiger partial charge is 0.418 e. The monoisotopic (exact) mass is 299 g/mol. The fraction of sp³-hybridized carbons (Fsp3) is 0.385. The van der Waals surface area contributed by atoms with Gasteiger partial charge in [0.2, 0.25) is 5.91 Å². The number of carbonyl (C=O) groups excluding carboxylic acids is 1. The van der Waals surface area contributed by atoms with Crippen LogP contribution in [0.5, 0.6) is 0 Å². The maximum absolute atomic E-state index is 13.1. The number of ether oxygens (including phenoxy) is 1. The van der Waals surface area contributed by atoms with Crippen LogP contribution in [0, 0.1) is 11.3 Å². The second kappa shape index (κ2) is 5.61. The molecule has 1 aromatic carbocycles. The molecule has 1 saturated heterocycles. The summed E-state index contributed by atoms with van der Waals surface area (Å²) in [6, 6.07) is 5.01. The SMILES string of the molecule is N#Cc1ccc(N2CCOC(C(N)=O)C2)c(C(F)(F)F)c1. The maximum Gasteiger partial charge on any atom is 0.418 e. The standard InChI is InChI=1S/C13H12F3N3O2/c14-13(15,16)9-5-8(6-17)1-2-10(9)19-3-4-21-11(7-19)12(18)20/h1-2,5,11H,3-4,7H2,(H2,18,20). The Morgan fingerprint density at radius 1 is 1.48 bits per heavy atom. The summed E-state index contributed by atoms with van der Waals surface area (Å²) in [5, 5.41) is 8.73. The summed E-state index contributed by atoms with van der Waals surface area (Å²) in [6.07, 6.45) is -5.54. The van der Waals surface area contributed by atoms with Crippen LogP contribution in [0.1, 0.15) is 11.1 Å². The maximum atomic E-state index is 13.1. The minimum atomic E-state index is -4.59. The summed E-state index contributed by atoms with van der Waals surface area (Å²) in [6.45, 7) is 0.258. The van der Waals surface area contributed by atoms with Crippen LogP contribution in [0.15, 0.2) is 18.2 Å². The zero-order valence-electron chi connectivity index (χ0n) is 10.9. The summed E-state index contributed by atoms with van der Waals surface area (Å²) in [5.74, 6) is -0.720. The van der Waals surface area contributed by atoms with Gasteiger partial charge in [-0.15, -0.1) is 0 Å². The molecule has 0 bridgehead atoms. The molecule has 112 valence electrons. The highest BCUT2D eigenvalue weighted by Crippen LogP contribution is 2.37. The summed E-state index contributed by atoms with van der Waals surface area (Å²) in [5.41, 5.74) is 4.05. The van der Waals surface area contributed by atoms with Crippen molar-refractivity contribution in [3.05, 3.63) is 29.3 Å². The third kappa shape index (κ3) is 3.25. The molecule has 1 aromatic rings. The predicted molar refractivity (Wildman–Crippen MR) is 67.3 cm³/mol. The first kappa shape index (κ1) is 15.1. The van der Waals surface area contributed by atoms with E-state index in [0.717, 1.165) is 6.07 Å². The van der Waals surface area contributed by atoms with Crippen LogP contribution in [0.4, 0.5) is 18.9 Å². The first-order chi connectivity index (χ1) is 9.82. The number of rotatable bonds is 2. The van der Waals surface area contributed by atoms with Gasteiger partial charge in [-0.2, -0.15) is 18.4 Å². The van der Waals surface area contributed by atoms with E-state index in [0.29, 0.717) is 0 Å². The zero-order chi connectivity index (χ0) is 15.6. The van der Waals surface area contributed by atoms with E-state index < -0.39 is 23.8 Å². The van der Waals surface area contributed by atoms with Crippen LogP contribution in [-0.2, 0) is 15.7 Å². The number of hydrogen-bond donors (Lipinski definition) is 1. The smallest absolute Gasteiger partial charge is 0.367 e. The minimum absolute atomic E-state index is 0.0513. The second-order valence-corrected chi connectivity index (χ2v) is 4.55. The Kier molecular flexibility index (Phi) is 4.04. The van der Waals surface area contributed by atoms with Crippen LogP contribution in [0.25, 0.3) is 0 Å². The summed E-state index contributed by atoms with van der Waals surface area (Å²) < 4.78 is 44.5. The molecule has 2 rings (SSSR count). The van der Waals surface area contributed by atoms with Gasteiger partial charge < -0.3 is 15.4 Å². The van der Waals surface area contributed by atoms with Crippen LogP contribution in [-0.4, -0.2) is 31.7 Å². The molecule has 1 amide bonds. The van der Waals surface area contributed by atoms with Gasteiger partial charge in [-0.05, 0) is 18.2 Å². The number of nitriles is 1. The van der Waals surface area contributed by atoms with E-state index in [9.17, 15) is 18.0 Å². The molecule has 1 atom stereocenters. The first-order valence-corrected chi connectivity index (χ1v) is 6.10. The number of halogens is 3. The third-order valence-corrected chi connectivity index (χ3v) is 3.16. The molecule has 0 radical (unpaired) electrons. The zero-order valence-corrected chi connectivity index (χ0v) is 10.9. The molecule has 1 fully saturated rings. The van der Waals surface area contributed by atoms with Gasteiger partial charge in [-0.25, -0.2) is 0 Å². The highest BCUT2D eigenvalue weighted by Gasteiger charge is 2.36. The number of hydrogen-bond acceptors (Lipinski definition) is 4. The quantitative estimate of drug-likeness (QED) is 0.892.